The van der Waals surface area contributed by atoms with E-state index in [4.69, 9.17) is 9.15 Å². The molecule has 0 saturated carbocycles. The lowest BCUT2D eigenvalue weighted by molar-refractivity contribution is -0.111. The van der Waals surface area contributed by atoms with E-state index in [1.165, 1.54) is 0 Å². The monoisotopic (exact) mass is 260 g/mol. The summed E-state index contributed by atoms with van der Waals surface area (Å²) in [4.78, 5) is 0. The van der Waals surface area contributed by atoms with Crippen molar-refractivity contribution in [3.05, 3.63) is 22.6 Å². The molecule has 78 valence electrons. The van der Waals surface area contributed by atoms with E-state index in [0.717, 1.165) is 4.47 Å². The van der Waals surface area contributed by atoms with Gasteiger partial charge in [0, 0.05) is 12.8 Å². The SMILES string of the molecule is CC1CC(O)(c2occc2Br)CCO1. The molecule has 0 spiro atoms. The van der Waals surface area contributed by atoms with Crippen molar-refractivity contribution in [3.63, 3.8) is 0 Å². The third kappa shape index (κ3) is 1.74. The van der Waals surface area contributed by atoms with Crippen LogP contribution in [0.3, 0.4) is 0 Å². The Hall–Kier alpha value is -0.320. The van der Waals surface area contributed by atoms with Crippen LogP contribution in [0.1, 0.15) is 25.5 Å². The Morgan fingerprint density at radius 3 is 3.00 bits per heavy atom. The minimum absolute atomic E-state index is 0.0748. The molecule has 3 nitrogen and oxygen atoms in total. The van der Waals surface area contributed by atoms with Crippen LogP contribution in [0, 0.1) is 0 Å². The Kier molecular flexibility index (Phi) is 2.68. The second kappa shape index (κ2) is 3.68. The summed E-state index contributed by atoms with van der Waals surface area (Å²) in [5.74, 6) is 0.618. The van der Waals surface area contributed by atoms with Gasteiger partial charge in [-0.05, 0) is 28.9 Å². The molecule has 0 radical (unpaired) electrons. The van der Waals surface area contributed by atoms with Crippen LogP contribution in [0.4, 0.5) is 0 Å². The average Bonchev–Trinajstić information content (AvgIpc) is 2.51. The van der Waals surface area contributed by atoms with Gasteiger partial charge in [0.15, 0.2) is 0 Å². The molecule has 2 atom stereocenters. The predicted octanol–water partition coefficient (Wildman–Crippen LogP) is 2.43. The maximum absolute atomic E-state index is 10.4. The Morgan fingerprint density at radius 1 is 1.64 bits per heavy atom. The summed E-state index contributed by atoms with van der Waals surface area (Å²) in [7, 11) is 0. The number of halogens is 1. The molecule has 1 aromatic heterocycles. The van der Waals surface area contributed by atoms with Crippen LogP contribution < -0.4 is 0 Å². The zero-order valence-electron chi connectivity index (χ0n) is 8.00. The lowest BCUT2D eigenvalue weighted by atomic mass is 9.88. The van der Waals surface area contributed by atoms with Gasteiger partial charge >= 0.3 is 0 Å². The first kappa shape index (κ1) is 10.2. The van der Waals surface area contributed by atoms with E-state index < -0.39 is 5.60 Å². The number of aliphatic hydroxyl groups is 1. The summed E-state index contributed by atoms with van der Waals surface area (Å²) in [6.07, 6.45) is 2.82. The first-order valence-corrected chi connectivity index (χ1v) is 5.48. The number of ether oxygens (including phenoxy) is 1. The van der Waals surface area contributed by atoms with Crippen molar-refractivity contribution in [2.75, 3.05) is 6.61 Å². The summed E-state index contributed by atoms with van der Waals surface area (Å²) in [6.45, 7) is 2.53. The van der Waals surface area contributed by atoms with Crippen LogP contribution in [-0.2, 0) is 10.3 Å². The van der Waals surface area contributed by atoms with E-state index in [0.29, 0.717) is 25.2 Å². The second-order valence-corrected chi connectivity index (χ2v) is 4.62. The summed E-state index contributed by atoms with van der Waals surface area (Å²) in [5, 5.41) is 10.4. The van der Waals surface area contributed by atoms with Gasteiger partial charge in [-0.15, -0.1) is 0 Å². The van der Waals surface area contributed by atoms with Gasteiger partial charge in [0.1, 0.15) is 11.4 Å². The average molecular weight is 261 g/mol. The molecule has 1 N–H and O–H groups in total. The largest absolute Gasteiger partial charge is 0.465 e. The molecular formula is C10H13BrO3. The zero-order valence-corrected chi connectivity index (χ0v) is 9.58. The van der Waals surface area contributed by atoms with Crippen molar-refractivity contribution >= 4 is 15.9 Å². The molecule has 1 aliphatic heterocycles. The maximum atomic E-state index is 10.4. The molecule has 0 bridgehead atoms. The van der Waals surface area contributed by atoms with Gasteiger partial charge in [-0.25, -0.2) is 0 Å². The highest BCUT2D eigenvalue weighted by molar-refractivity contribution is 9.10. The van der Waals surface area contributed by atoms with Gasteiger partial charge < -0.3 is 14.3 Å². The van der Waals surface area contributed by atoms with E-state index in [2.05, 4.69) is 15.9 Å². The van der Waals surface area contributed by atoms with Crippen LogP contribution >= 0.6 is 15.9 Å². The highest BCUT2D eigenvalue weighted by Crippen LogP contribution is 2.38. The minimum Gasteiger partial charge on any atom is -0.465 e. The first-order valence-electron chi connectivity index (χ1n) is 4.69. The van der Waals surface area contributed by atoms with E-state index in [1.54, 1.807) is 12.3 Å². The molecule has 1 saturated heterocycles. The van der Waals surface area contributed by atoms with Gasteiger partial charge in [0.25, 0.3) is 0 Å². The van der Waals surface area contributed by atoms with E-state index >= 15 is 0 Å². The lowest BCUT2D eigenvalue weighted by Crippen LogP contribution is -2.37. The summed E-state index contributed by atoms with van der Waals surface area (Å²) in [6, 6.07) is 1.80. The van der Waals surface area contributed by atoms with Gasteiger partial charge in [0.2, 0.25) is 0 Å². The topological polar surface area (TPSA) is 42.6 Å². The second-order valence-electron chi connectivity index (χ2n) is 3.76. The molecule has 14 heavy (non-hydrogen) atoms. The first-order chi connectivity index (χ1) is 6.62. The summed E-state index contributed by atoms with van der Waals surface area (Å²) < 4.78 is 11.5. The van der Waals surface area contributed by atoms with Crippen molar-refractivity contribution in [2.45, 2.75) is 31.5 Å². The smallest absolute Gasteiger partial charge is 0.149 e. The minimum atomic E-state index is -0.875. The van der Waals surface area contributed by atoms with Gasteiger partial charge in [-0.3, -0.25) is 0 Å². The molecule has 0 aliphatic carbocycles. The quantitative estimate of drug-likeness (QED) is 0.844. The predicted molar refractivity (Wildman–Crippen MR) is 55.0 cm³/mol. The molecule has 4 heteroatoms. The van der Waals surface area contributed by atoms with Crippen molar-refractivity contribution in [3.8, 4) is 0 Å². The van der Waals surface area contributed by atoms with Crippen molar-refractivity contribution in [2.24, 2.45) is 0 Å². The molecule has 1 aliphatic rings. The zero-order chi connectivity index (χ0) is 10.2. The molecular weight excluding hydrogens is 248 g/mol. The standard InChI is InChI=1S/C10H13BrO3/c1-7-6-10(12,3-5-13-7)9-8(11)2-4-14-9/h2,4,7,12H,3,5-6H2,1H3. The summed E-state index contributed by atoms with van der Waals surface area (Å²) >= 11 is 3.36. The van der Waals surface area contributed by atoms with Gasteiger partial charge in [-0.1, -0.05) is 0 Å². The normalized spacial score (nSPS) is 33.2. The van der Waals surface area contributed by atoms with Crippen molar-refractivity contribution in [1.82, 2.24) is 0 Å². The molecule has 0 amide bonds. The number of hydrogen-bond acceptors (Lipinski definition) is 3. The molecule has 1 aromatic rings. The third-order valence-corrected chi connectivity index (χ3v) is 3.21. The number of rotatable bonds is 1. The number of furan rings is 1. The maximum Gasteiger partial charge on any atom is 0.149 e. The number of hydrogen-bond donors (Lipinski definition) is 1. The molecule has 1 fully saturated rings. The van der Waals surface area contributed by atoms with E-state index in [9.17, 15) is 5.11 Å². The molecule has 2 unspecified atom stereocenters. The van der Waals surface area contributed by atoms with Crippen LogP contribution in [0.25, 0.3) is 0 Å². The van der Waals surface area contributed by atoms with E-state index in [1.807, 2.05) is 6.92 Å². The highest BCUT2D eigenvalue weighted by Gasteiger charge is 2.38. The van der Waals surface area contributed by atoms with Gasteiger partial charge in [-0.2, -0.15) is 0 Å². The Morgan fingerprint density at radius 2 is 2.43 bits per heavy atom. The molecule has 2 heterocycles. The fourth-order valence-corrected chi connectivity index (χ4v) is 2.47. The molecule has 0 aromatic carbocycles. The van der Waals surface area contributed by atoms with Crippen molar-refractivity contribution < 1.29 is 14.3 Å². The van der Waals surface area contributed by atoms with Crippen LogP contribution in [0.15, 0.2) is 21.2 Å². The fourth-order valence-electron chi connectivity index (χ4n) is 1.90. The Labute approximate surface area is 91.2 Å². The highest BCUT2D eigenvalue weighted by atomic mass is 79.9. The lowest BCUT2D eigenvalue weighted by Gasteiger charge is -2.34. The van der Waals surface area contributed by atoms with Crippen LogP contribution in [-0.4, -0.2) is 17.8 Å². The van der Waals surface area contributed by atoms with Crippen LogP contribution in [0.2, 0.25) is 0 Å². The molecule has 2 rings (SSSR count). The van der Waals surface area contributed by atoms with Crippen molar-refractivity contribution in [1.29, 1.82) is 0 Å². The van der Waals surface area contributed by atoms with E-state index in [-0.39, 0.29) is 6.10 Å². The Balaban J connectivity index is 2.27. The Bertz CT molecular complexity index is 323. The van der Waals surface area contributed by atoms with Gasteiger partial charge in [0.05, 0.1) is 23.4 Å². The summed E-state index contributed by atoms with van der Waals surface area (Å²) in [5.41, 5.74) is -0.875. The van der Waals surface area contributed by atoms with Crippen LogP contribution in [0.5, 0.6) is 0 Å². The fraction of sp³-hybridized carbons (Fsp3) is 0.600. The third-order valence-electron chi connectivity index (χ3n) is 2.58.